The van der Waals surface area contributed by atoms with Crippen LogP contribution in [0.4, 0.5) is 13.2 Å². The van der Waals surface area contributed by atoms with Gasteiger partial charge in [0.05, 0.1) is 6.61 Å². The smallest absolute Gasteiger partial charge is 0.726 e. The number of alkyl halides is 3. The first-order valence-corrected chi connectivity index (χ1v) is 8.71. The molecule has 9 heteroatoms. The summed E-state index contributed by atoms with van der Waals surface area (Å²) >= 11 is 0. The summed E-state index contributed by atoms with van der Waals surface area (Å²) in [5.41, 5.74) is 0. The van der Waals surface area contributed by atoms with Crippen molar-refractivity contribution in [1.29, 1.82) is 0 Å². The molecule has 0 amide bonds. The average molecular weight is 356 g/mol. The van der Waals surface area contributed by atoms with Crippen LogP contribution in [0.1, 0.15) is 70.6 Å². The Morgan fingerprint density at radius 3 is 1.50 bits per heavy atom. The van der Waals surface area contributed by atoms with Crippen LogP contribution in [-0.4, -0.2) is 25.8 Å². The van der Waals surface area contributed by atoms with E-state index in [0.29, 0.717) is 12.8 Å². The van der Waals surface area contributed by atoms with Crippen LogP contribution in [0, 0.1) is 0 Å². The summed E-state index contributed by atoms with van der Waals surface area (Å²) in [7, 11) is -4.57. The van der Waals surface area contributed by atoms with E-state index in [1.807, 2.05) is 0 Å². The van der Waals surface area contributed by atoms with E-state index in [9.17, 15) is 26.1 Å². The predicted octanol–water partition coefficient (Wildman–Crippen LogP) is 1.32. The van der Waals surface area contributed by atoms with E-state index in [2.05, 4.69) is 4.18 Å². The predicted molar refractivity (Wildman–Crippen MR) is 72.5 cm³/mol. The van der Waals surface area contributed by atoms with Crippen LogP contribution in [0.25, 0.3) is 0 Å². The quantitative estimate of drug-likeness (QED) is 0.216. The van der Waals surface area contributed by atoms with Gasteiger partial charge in [0, 0.05) is 6.42 Å². The maximum Gasteiger partial charge on any atom is 1.00 e. The molecule has 0 aliphatic carbocycles. The van der Waals surface area contributed by atoms with Crippen LogP contribution in [0.15, 0.2) is 0 Å². The number of hydrogen-bond donors (Lipinski definition) is 0. The first-order chi connectivity index (χ1) is 9.71. The van der Waals surface area contributed by atoms with E-state index in [1.165, 1.54) is 0 Å². The number of rotatable bonds is 13. The molecule has 0 saturated heterocycles. The largest absolute Gasteiger partial charge is 1.00 e. The summed E-state index contributed by atoms with van der Waals surface area (Å²) in [6.45, 7) is -0.0644. The molecule has 0 aromatic rings. The van der Waals surface area contributed by atoms with E-state index in [4.69, 9.17) is 0 Å². The Kier molecular flexibility index (Phi) is 15.9. The molecule has 0 rings (SSSR count). The van der Waals surface area contributed by atoms with Crippen LogP contribution in [0.5, 0.6) is 0 Å². The molecular weight excluding hydrogens is 332 g/mol. The zero-order valence-corrected chi connectivity index (χ0v) is 16.0. The fourth-order valence-corrected chi connectivity index (χ4v) is 2.32. The Balaban J connectivity index is 0. The van der Waals surface area contributed by atoms with Crippen molar-refractivity contribution in [3.8, 4) is 0 Å². The van der Waals surface area contributed by atoms with E-state index >= 15 is 0 Å². The van der Waals surface area contributed by atoms with Crippen molar-refractivity contribution in [3.63, 3.8) is 0 Å². The second-order valence-electron chi connectivity index (χ2n) is 5.13. The van der Waals surface area contributed by atoms with E-state index < -0.39 is 23.0 Å². The van der Waals surface area contributed by atoms with Crippen LogP contribution < -0.4 is 29.6 Å². The number of halogens is 3. The van der Waals surface area contributed by atoms with E-state index in [0.717, 1.165) is 44.9 Å². The molecule has 0 unspecified atom stereocenters. The van der Waals surface area contributed by atoms with E-state index in [-0.39, 0.29) is 42.6 Å². The minimum atomic E-state index is -4.57. The van der Waals surface area contributed by atoms with Crippen molar-refractivity contribution in [3.05, 3.63) is 0 Å². The van der Waals surface area contributed by atoms with Gasteiger partial charge in [0.1, 0.15) is 0 Å². The van der Waals surface area contributed by atoms with Crippen molar-refractivity contribution in [2.75, 3.05) is 6.61 Å². The summed E-state index contributed by atoms with van der Waals surface area (Å²) < 4.78 is 70.1. The Morgan fingerprint density at radius 2 is 1.14 bits per heavy atom. The minimum absolute atomic E-state index is 0. The SMILES string of the molecule is O=S(=O)([O-])OCCCCCCCCCCCCC(F)(F)F.[Na+]. The molecule has 0 saturated carbocycles. The average Bonchev–Trinajstić information content (AvgIpc) is 2.32. The third-order valence-corrected chi connectivity index (χ3v) is 3.54. The van der Waals surface area contributed by atoms with E-state index in [1.54, 1.807) is 0 Å². The Labute approximate surface area is 153 Å². The molecule has 0 bridgehead atoms. The zero-order valence-electron chi connectivity index (χ0n) is 13.2. The molecule has 4 nitrogen and oxygen atoms in total. The standard InChI is InChI=1S/C13H25F3O4S.Na/c14-13(15,16)11-9-7-5-3-1-2-4-6-8-10-12-20-21(17,18)19;/h1-12H2,(H,17,18,19);/q;+1/p-1. The minimum Gasteiger partial charge on any atom is -0.726 e. The molecule has 128 valence electrons. The third-order valence-electron chi connectivity index (χ3n) is 3.08. The first kappa shape index (κ1) is 24.9. The van der Waals surface area contributed by atoms with Crippen molar-refractivity contribution >= 4 is 10.4 Å². The number of hydrogen-bond acceptors (Lipinski definition) is 4. The van der Waals surface area contributed by atoms with Crippen molar-refractivity contribution < 1.29 is 59.9 Å². The van der Waals surface area contributed by atoms with Gasteiger partial charge >= 0.3 is 35.7 Å². The van der Waals surface area contributed by atoms with Gasteiger partial charge in [-0.1, -0.05) is 51.4 Å². The molecule has 0 aromatic heterocycles. The van der Waals surface area contributed by atoms with Crippen molar-refractivity contribution in [2.45, 2.75) is 76.8 Å². The molecular formula is C13H24F3NaO4S. The third kappa shape index (κ3) is 22.9. The second kappa shape index (κ2) is 14.0. The van der Waals surface area contributed by atoms with Gasteiger partial charge in [0.25, 0.3) is 0 Å². The summed E-state index contributed by atoms with van der Waals surface area (Å²) in [5.74, 6) is 0. The molecule has 0 fully saturated rings. The molecule has 0 N–H and O–H groups in total. The summed E-state index contributed by atoms with van der Waals surface area (Å²) in [6.07, 6.45) is 3.25. The Morgan fingerprint density at radius 1 is 0.773 bits per heavy atom. The van der Waals surface area contributed by atoms with Crippen LogP contribution in [0.2, 0.25) is 0 Å². The fraction of sp³-hybridized carbons (Fsp3) is 1.00. The van der Waals surface area contributed by atoms with Crippen LogP contribution in [0.3, 0.4) is 0 Å². The van der Waals surface area contributed by atoms with Crippen LogP contribution >= 0.6 is 0 Å². The number of unbranched alkanes of at least 4 members (excludes halogenated alkanes) is 9. The van der Waals surface area contributed by atoms with Crippen molar-refractivity contribution in [1.82, 2.24) is 0 Å². The molecule has 0 aliphatic heterocycles. The van der Waals surface area contributed by atoms with Gasteiger partial charge < -0.3 is 4.55 Å². The Hall–Kier alpha value is 0.660. The molecule has 0 aromatic carbocycles. The Bertz CT molecular complexity index is 348. The summed E-state index contributed by atoms with van der Waals surface area (Å²) in [6, 6.07) is 0. The van der Waals surface area contributed by atoms with Gasteiger partial charge in [0.15, 0.2) is 0 Å². The van der Waals surface area contributed by atoms with Gasteiger partial charge in [-0.15, -0.1) is 0 Å². The topological polar surface area (TPSA) is 66.4 Å². The van der Waals surface area contributed by atoms with Gasteiger partial charge in [-0.2, -0.15) is 13.2 Å². The molecule has 0 atom stereocenters. The first-order valence-electron chi connectivity index (χ1n) is 7.38. The molecule has 0 heterocycles. The van der Waals surface area contributed by atoms with Gasteiger partial charge in [0.2, 0.25) is 10.4 Å². The summed E-state index contributed by atoms with van der Waals surface area (Å²) in [5, 5.41) is 0. The van der Waals surface area contributed by atoms with Crippen molar-refractivity contribution in [2.24, 2.45) is 0 Å². The molecule has 0 radical (unpaired) electrons. The monoisotopic (exact) mass is 356 g/mol. The molecule has 0 spiro atoms. The maximum absolute atomic E-state index is 11.9. The summed E-state index contributed by atoms with van der Waals surface area (Å²) in [4.78, 5) is 0. The fourth-order valence-electron chi connectivity index (χ4n) is 2.00. The van der Waals surface area contributed by atoms with Gasteiger partial charge in [-0.25, -0.2) is 8.42 Å². The van der Waals surface area contributed by atoms with Gasteiger partial charge in [-0.05, 0) is 12.8 Å². The maximum atomic E-state index is 11.9. The second-order valence-corrected chi connectivity index (χ2v) is 6.18. The van der Waals surface area contributed by atoms with Crippen LogP contribution in [-0.2, 0) is 14.6 Å². The molecule has 22 heavy (non-hydrogen) atoms. The normalized spacial score (nSPS) is 12.2. The molecule has 0 aliphatic rings. The zero-order chi connectivity index (χ0) is 16.2. The van der Waals surface area contributed by atoms with Gasteiger partial charge in [-0.3, -0.25) is 4.18 Å².